The van der Waals surface area contributed by atoms with Gasteiger partial charge in [0.05, 0.1) is 24.4 Å². The van der Waals surface area contributed by atoms with Gasteiger partial charge in [-0.15, -0.1) is 0 Å². The van der Waals surface area contributed by atoms with E-state index in [1.807, 2.05) is 58.1 Å². The lowest BCUT2D eigenvalue weighted by Gasteiger charge is -2.43. The Labute approximate surface area is 449 Å². The van der Waals surface area contributed by atoms with Gasteiger partial charge in [0.2, 0.25) is 5.79 Å². The quantitative estimate of drug-likeness (QED) is 0.0375. The van der Waals surface area contributed by atoms with Crippen molar-refractivity contribution >= 4 is 51.8 Å². The van der Waals surface area contributed by atoms with E-state index in [-0.39, 0.29) is 73.9 Å². The number of ketones is 3. The number of amides is 1. The maximum absolute atomic E-state index is 14.6. The zero-order chi connectivity index (χ0) is 53.8. The van der Waals surface area contributed by atoms with Crippen LogP contribution in [-0.4, -0.2) is 149 Å². The fourth-order valence-corrected chi connectivity index (χ4v) is 11.2. The normalized spacial score (nSPS) is 35.0. The summed E-state index contributed by atoms with van der Waals surface area (Å²) in [5, 5.41) is 33.1. The summed E-state index contributed by atoms with van der Waals surface area (Å²) in [4.78, 5) is 72.8. The first kappa shape index (κ1) is 62.9. The number of nitrogens with zero attached hydrogens (tertiary/aromatic N) is 1. The van der Waals surface area contributed by atoms with E-state index in [0.29, 0.717) is 70.2 Å². The molecule has 3 heterocycles. The van der Waals surface area contributed by atoms with Crippen LogP contribution in [-0.2, 0) is 52.4 Å². The van der Waals surface area contributed by atoms with Crippen molar-refractivity contribution in [1.29, 1.82) is 0 Å². The first-order valence-electron chi connectivity index (χ1n) is 27.2. The number of unbranched alkanes of at least 4 members (excludes halogenated alkanes) is 1. The van der Waals surface area contributed by atoms with Crippen LogP contribution in [0.3, 0.4) is 0 Å². The number of aliphatic hydroxyl groups excluding tert-OH is 2. The van der Waals surface area contributed by atoms with Crippen LogP contribution >= 0.6 is 22.6 Å². The molecule has 4 aliphatic rings. The van der Waals surface area contributed by atoms with Gasteiger partial charge in [0.1, 0.15) is 30.1 Å². The van der Waals surface area contributed by atoms with Crippen LogP contribution in [0.15, 0.2) is 47.6 Å². The standard InChI is InChI=1S/C57H90INO14/c1-36-18-11-10-12-19-37(2)48(71-28-16-15-27-60)34-44-23-21-42(7)57(67,73-44)54(64)55(65)59-26-14-13-20-45(59)56(66)72-49(39(4)32-43-22-24-47(50(33-43)68-8)70-29-17-25-58)35-46(61)38(3)31-41(6)52(63)53(69-9)51(62)40(5)30-36/h10-12,18-19,31,36,38-40,42-45,47-50,52-53,60,63,67H,13-17,20-30,32-35H2,1-9H3/t36-,38-,39-,40-,42-,43+,44+,45+,47-,48-,49+,50-,52-,53+,57-/m1/s1. The predicted molar refractivity (Wildman–Crippen MR) is 288 cm³/mol. The SMILES string of the molecule is CO[C@@H]1C[C@H](C[C@@H](C)[C@@H]2CC(=O)[C@H](C)C=C(C)[C@@H](O)[C@@H](OC)C(=O)[C@H](C)C[C@H](C)C=CC=CC=C(C)[C@H](OCCCCO)C[C@@H]3CC[C@@H](C)[C@@](O)(O3)C(=O)C(=O)N3CCCC[C@H]3C(=O)O2)CC[C@H]1OCCCI. The average Bonchev–Trinajstić information content (AvgIpc) is 3.37. The monoisotopic (exact) mass is 1140 g/mol. The molecule has 414 valence electrons. The number of halogens is 1. The third-order valence-electron chi connectivity index (χ3n) is 15.7. The molecule has 0 unspecified atom stereocenters. The maximum Gasteiger partial charge on any atom is 0.329 e. The van der Waals surface area contributed by atoms with E-state index in [1.54, 1.807) is 34.0 Å². The van der Waals surface area contributed by atoms with Gasteiger partial charge >= 0.3 is 5.97 Å². The van der Waals surface area contributed by atoms with Gasteiger partial charge in [-0.3, -0.25) is 19.2 Å². The molecule has 3 N–H and O–H groups in total. The molecular weight excluding hydrogens is 1050 g/mol. The van der Waals surface area contributed by atoms with Crippen molar-refractivity contribution in [3.8, 4) is 0 Å². The Kier molecular flexibility index (Phi) is 27.1. The number of hydrogen-bond donors (Lipinski definition) is 3. The molecule has 73 heavy (non-hydrogen) atoms. The number of cyclic esters (lactones) is 1. The highest BCUT2D eigenvalue weighted by Crippen LogP contribution is 2.38. The topological polar surface area (TPSA) is 205 Å². The van der Waals surface area contributed by atoms with Crippen molar-refractivity contribution in [3.63, 3.8) is 0 Å². The molecule has 0 spiro atoms. The van der Waals surface area contributed by atoms with Crippen molar-refractivity contribution < 1.29 is 67.7 Å². The highest BCUT2D eigenvalue weighted by Gasteiger charge is 2.53. The van der Waals surface area contributed by atoms with Crippen LogP contribution in [0.1, 0.15) is 145 Å². The highest BCUT2D eigenvalue weighted by molar-refractivity contribution is 14.1. The zero-order valence-electron chi connectivity index (χ0n) is 45.3. The summed E-state index contributed by atoms with van der Waals surface area (Å²) in [6, 6.07) is -1.15. The minimum atomic E-state index is -2.46. The number of carbonyl (C=O) groups is 5. The summed E-state index contributed by atoms with van der Waals surface area (Å²) >= 11 is 2.34. The lowest BCUT2D eigenvalue weighted by Crippen LogP contribution is -2.61. The van der Waals surface area contributed by atoms with E-state index in [1.165, 1.54) is 12.0 Å². The van der Waals surface area contributed by atoms with Gasteiger partial charge in [0, 0.05) is 75.6 Å². The first-order valence-corrected chi connectivity index (χ1v) is 28.7. The van der Waals surface area contributed by atoms with Gasteiger partial charge in [0.25, 0.3) is 11.7 Å². The van der Waals surface area contributed by atoms with Gasteiger partial charge < -0.3 is 48.6 Å². The molecule has 1 saturated carbocycles. The number of methoxy groups -OCH3 is 2. The van der Waals surface area contributed by atoms with E-state index >= 15 is 0 Å². The zero-order valence-corrected chi connectivity index (χ0v) is 47.5. The Hall–Kier alpha value is -2.68. The number of fused-ring (bicyclic) bond motifs is 3. The highest BCUT2D eigenvalue weighted by atomic mass is 127. The maximum atomic E-state index is 14.6. The van der Waals surface area contributed by atoms with E-state index in [4.69, 9.17) is 28.4 Å². The summed E-state index contributed by atoms with van der Waals surface area (Å²) in [5.74, 6) is -7.92. The molecule has 1 amide bonds. The minimum Gasteiger partial charge on any atom is -0.460 e. The van der Waals surface area contributed by atoms with Gasteiger partial charge in [-0.25, -0.2) is 4.79 Å². The fraction of sp³-hybridized carbons (Fsp3) is 0.772. The minimum absolute atomic E-state index is 0.00128. The molecule has 0 radical (unpaired) electrons. The van der Waals surface area contributed by atoms with Crippen LogP contribution in [0.5, 0.6) is 0 Å². The molecule has 15 atom stereocenters. The van der Waals surface area contributed by atoms with Crippen LogP contribution in [0.2, 0.25) is 0 Å². The van der Waals surface area contributed by atoms with E-state index in [0.717, 1.165) is 35.7 Å². The molecule has 3 fully saturated rings. The number of rotatable bonds is 14. The lowest BCUT2D eigenvalue weighted by atomic mass is 9.78. The average molecular weight is 1140 g/mol. The molecule has 0 aromatic heterocycles. The summed E-state index contributed by atoms with van der Waals surface area (Å²) in [5.41, 5.74) is 1.26. The smallest absolute Gasteiger partial charge is 0.329 e. The summed E-state index contributed by atoms with van der Waals surface area (Å²) < 4.78 is 37.7. The first-order chi connectivity index (χ1) is 34.8. The van der Waals surface area contributed by atoms with Crippen LogP contribution in [0.4, 0.5) is 0 Å². The van der Waals surface area contributed by atoms with Gasteiger partial charge in [-0.05, 0) is 126 Å². The largest absolute Gasteiger partial charge is 0.460 e. The number of aliphatic hydroxyl groups is 3. The van der Waals surface area contributed by atoms with Crippen molar-refractivity contribution in [3.05, 3.63) is 47.6 Å². The second kappa shape index (κ2) is 31.5. The van der Waals surface area contributed by atoms with Gasteiger partial charge in [-0.1, -0.05) is 93.7 Å². The molecule has 4 rings (SSSR count). The summed E-state index contributed by atoms with van der Waals surface area (Å²) in [7, 11) is 3.08. The van der Waals surface area contributed by atoms with Crippen LogP contribution in [0.25, 0.3) is 0 Å². The van der Waals surface area contributed by atoms with E-state index in [2.05, 4.69) is 22.6 Å². The van der Waals surface area contributed by atoms with Crippen molar-refractivity contribution in [1.82, 2.24) is 4.90 Å². The number of hydrogen-bond acceptors (Lipinski definition) is 14. The predicted octanol–water partition coefficient (Wildman–Crippen LogP) is 8.17. The molecule has 3 aliphatic heterocycles. The van der Waals surface area contributed by atoms with Gasteiger partial charge in [-0.2, -0.15) is 0 Å². The number of esters is 1. The Morgan fingerprint density at radius 2 is 1.59 bits per heavy atom. The third kappa shape index (κ3) is 18.5. The Morgan fingerprint density at radius 1 is 0.849 bits per heavy atom. The number of carbonyl (C=O) groups excluding carboxylic acids is 5. The van der Waals surface area contributed by atoms with Crippen molar-refractivity contribution in [2.24, 2.45) is 35.5 Å². The van der Waals surface area contributed by atoms with E-state index in [9.17, 15) is 39.3 Å². The molecular formula is C57H90INO14. The molecule has 2 bridgehead atoms. The van der Waals surface area contributed by atoms with Crippen LogP contribution in [0, 0.1) is 35.5 Å². The molecule has 2 saturated heterocycles. The summed E-state index contributed by atoms with van der Waals surface area (Å²) in [6.07, 6.45) is 14.6. The van der Waals surface area contributed by atoms with Crippen LogP contribution < -0.4 is 0 Å². The number of allylic oxidation sites excluding steroid dienone is 6. The number of Topliss-reactive ketones (excluding diaryl/α,β-unsaturated/α-hetero) is 3. The van der Waals surface area contributed by atoms with E-state index < -0.39 is 77.8 Å². The Morgan fingerprint density at radius 3 is 2.29 bits per heavy atom. The Bertz CT molecular complexity index is 1900. The van der Waals surface area contributed by atoms with Crippen molar-refractivity contribution in [2.45, 2.75) is 199 Å². The van der Waals surface area contributed by atoms with Gasteiger partial charge in [0.15, 0.2) is 5.78 Å². The molecule has 16 heteroatoms. The second-order valence-electron chi connectivity index (χ2n) is 21.5. The Balaban J connectivity index is 1.71. The summed E-state index contributed by atoms with van der Waals surface area (Å²) in [6.45, 7) is 13.9. The number of piperidine rings is 1. The van der Waals surface area contributed by atoms with Crippen molar-refractivity contribution in [2.75, 3.05) is 45.0 Å². The molecule has 0 aromatic rings. The molecule has 1 aliphatic carbocycles. The number of ether oxygens (including phenoxy) is 6. The molecule has 15 nitrogen and oxygen atoms in total. The fourth-order valence-electron chi connectivity index (χ4n) is 10.9. The third-order valence-corrected chi connectivity index (χ3v) is 16.4. The lowest BCUT2D eigenvalue weighted by molar-refractivity contribution is -0.266. The number of alkyl halides is 1. The molecule has 0 aromatic carbocycles. The second-order valence-corrected chi connectivity index (χ2v) is 22.6.